The first-order chi connectivity index (χ1) is 47.3. The molecule has 0 unspecified atom stereocenters. The normalized spacial score (nSPS) is 12.8. The number of rotatable bonds is 13. The molecule has 0 fully saturated rings. The molecule has 2 aliphatic rings. The number of ether oxygens (including phenoxy) is 7. The molecular weight excluding hydrogens is 1220 g/mol. The van der Waals surface area contributed by atoms with E-state index in [1.165, 1.54) is 114 Å². The first-order valence-electron chi connectivity index (χ1n) is 35.5. The van der Waals surface area contributed by atoms with Gasteiger partial charge in [0.2, 0.25) is 13.6 Å². The van der Waals surface area contributed by atoms with Crippen LogP contribution in [0.15, 0.2) is 206 Å². The number of hydrogen-bond donors (Lipinski definition) is 0. The van der Waals surface area contributed by atoms with E-state index in [0.717, 1.165) is 72.4 Å². The van der Waals surface area contributed by atoms with Crippen LogP contribution in [0.25, 0.3) is 86.2 Å². The fourth-order valence-corrected chi connectivity index (χ4v) is 12.8. The second kappa shape index (κ2) is 29.2. The van der Waals surface area contributed by atoms with Crippen LogP contribution in [0.2, 0.25) is 0 Å². The Morgan fingerprint density at radius 3 is 0.778 bits per heavy atom. The van der Waals surface area contributed by atoms with Gasteiger partial charge in [0.1, 0.15) is 5.75 Å². The minimum absolute atomic E-state index is 0.196. The molecule has 15 rings (SSSR count). The van der Waals surface area contributed by atoms with Gasteiger partial charge in [-0.3, -0.25) is 0 Å². The third kappa shape index (κ3) is 15.5. The second-order valence-electron chi connectivity index (χ2n) is 30.1. The zero-order chi connectivity index (χ0) is 70.6. The van der Waals surface area contributed by atoms with Crippen LogP contribution in [0.5, 0.6) is 40.2 Å². The van der Waals surface area contributed by atoms with Crippen molar-refractivity contribution in [3.8, 4) is 40.2 Å². The lowest BCUT2D eigenvalue weighted by atomic mass is 9.81. The molecule has 0 aliphatic carbocycles. The topological polar surface area (TPSA) is 64.6 Å². The minimum Gasteiger partial charge on any atom is -0.497 e. The Morgan fingerprint density at radius 2 is 0.465 bits per heavy atom. The zero-order valence-corrected chi connectivity index (χ0v) is 61.9. The van der Waals surface area contributed by atoms with E-state index in [-0.39, 0.29) is 27.1 Å². The molecule has 7 nitrogen and oxygen atoms in total. The highest BCUT2D eigenvalue weighted by Gasteiger charge is 2.24. The van der Waals surface area contributed by atoms with E-state index in [4.69, 9.17) is 33.2 Å². The molecule has 0 radical (unpaired) electrons. The summed E-state index contributed by atoms with van der Waals surface area (Å²) in [6.07, 6.45) is 5.68. The first kappa shape index (κ1) is 70.8. The van der Waals surface area contributed by atoms with Gasteiger partial charge in [-0.25, -0.2) is 0 Å². The lowest BCUT2D eigenvalue weighted by molar-refractivity contribution is 0.173. The highest BCUT2D eigenvalue weighted by atomic mass is 16.7. The molecule has 13 aromatic rings. The summed E-state index contributed by atoms with van der Waals surface area (Å²) in [4.78, 5) is 0. The number of fused-ring (bicyclic) bond motifs is 10. The summed E-state index contributed by atoms with van der Waals surface area (Å²) in [5.74, 6) is 5.86. The van der Waals surface area contributed by atoms with Crippen LogP contribution in [-0.4, -0.2) is 34.9 Å². The SMILES string of the molecule is CCC(C)(C)c1ccc2cc(OC)c(OC)cc2c1.CCC(C)(C)c1ccc2cc3c(cc2c1)OCO3.CCC(C)(C)c1ccc2cc3cc(OC)ccc3cc2c1.CCC(C)(C)c1ccc2cc3cc4c(cc3cc2c1)OCO4.CCC(C)(C)c1ccc2cc3ccccc3cc2c1. The third-order valence-electron chi connectivity index (χ3n) is 22.0. The summed E-state index contributed by atoms with van der Waals surface area (Å²) in [6, 6.07) is 74.6. The van der Waals surface area contributed by atoms with E-state index in [0.29, 0.717) is 13.6 Å². The highest BCUT2D eigenvalue weighted by Crippen LogP contribution is 2.42. The first-order valence-corrected chi connectivity index (χ1v) is 35.5. The van der Waals surface area contributed by atoms with E-state index in [9.17, 15) is 0 Å². The molecule has 0 saturated carbocycles. The lowest BCUT2D eigenvalue weighted by Gasteiger charge is -2.23. The molecule has 0 saturated heterocycles. The van der Waals surface area contributed by atoms with Crippen molar-refractivity contribution in [2.24, 2.45) is 0 Å². The Bertz CT molecular complexity index is 5070. The maximum absolute atomic E-state index is 5.49. The Balaban J connectivity index is 0.000000125. The fourth-order valence-electron chi connectivity index (χ4n) is 12.8. The summed E-state index contributed by atoms with van der Waals surface area (Å²) < 4.78 is 37.8. The van der Waals surface area contributed by atoms with Crippen LogP contribution in [0.3, 0.4) is 0 Å². The summed E-state index contributed by atoms with van der Waals surface area (Å²) >= 11 is 0. The van der Waals surface area contributed by atoms with Gasteiger partial charge in [0.15, 0.2) is 34.5 Å². The van der Waals surface area contributed by atoms with Gasteiger partial charge < -0.3 is 33.2 Å². The molecular formula is C92H102O7. The van der Waals surface area contributed by atoms with Gasteiger partial charge >= 0.3 is 0 Å². The molecule has 0 bridgehead atoms. The van der Waals surface area contributed by atoms with E-state index in [2.05, 4.69) is 292 Å². The summed E-state index contributed by atoms with van der Waals surface area (Å²) in [6.45, 7) is 34.8. The smallest absolute Gasteiger partial charge is 0.231 e. The van der Waals surface area contributed by atoms with Crippen molar-refractivity contribution >= 4 is 86.2 Å². The van der Waals surface area contributed by atoms with E-state index < -0.39 is 0 Å². The maximum Gasteiger partial charge on any atom is 0.231 e. The highest BCUT2D eigenvalue weighted by molar-refractivity contribution is 6.02. The van der Waals surface area contributed by atoms with Gasteiger partial charge in [-0.1, -0.05) is 225 Å². The minimum atomic E-state index is 0.196. The summed E-state index contributed by atoms with van der Waals surface area (Å²) in [7, 11) is 5.04. The summed E-state index contributed by atoms with van der Waals surface area (Å²) in [5.41, 5.74) is 8.05. The molecule has 7 heteroatoms. The summed E-state index contributed by atoms with van der Waals surface area (Å²) in [5, 5.41) is 20.1. The lowest BCUT2D eigenvalue weighted by Crippen LogP contribution is -2.15. The van der Waals surface area contributed by atoms with E-state index >= 15 is 0 Å². The molecule has 13 aromatic carbocycles. The Kier molecular flexibility index (Phi) is 20.9. The molecule has 0 amide bonds. The number of benzene rings is 13. The van der Waals surface area contributed by atoms with Crippen molar-refractivity contribution < 1.29 is 33.2 Å². The van der Waals surface area contributed by atoms with E-state index in [1.54, 1.807) is 21.3 Å². The van der Waals surface area contributed by atoms with Gasteiger partial charge in [0.25, 0.3) is 0 Å². The molecule has 512 valence electrons. The van der Waals surface area contributed by atoms with Crippen LogP contribution >= 0.6 is 0 Å². The second-order valence-corrected chi connectivity index (χ2v) is 30.1. The van der Waals surface area contributed by atoms with Crippen molar-refractivity contribution in [1.29, 1.82) is 0 Å². The van der Waals surface area contributed by atoms with Gasteiger partial charge in [-0.2, -0.15) is 0 Å². The van der Waals surface area contributed by atoms with Crippen LogP contribution in [0.1, 0.15) is 164 Å². The Hall–Kier alpha value is -9.46. The molecule has 0 aromatic heterocycles. The standard InChI is InChI=1S/C20H20O2.C20H22O.C19H20.C17H22O2.C16H18O2/c1-4-20(2,3)17-6-5-13-7-15-10-18-19(22-12-21-18)11-16(15)8-14(13)9-17;1-5-20(2,3)18-8-6-14-11-17-13-19(21-4)9-7-15(17)10-16(14)12-18;1-4-19(2,3)18-10-9-16-11-14-7-5-6-8-15(14)12-17(16)13-18;1-6-17(2,3)14-8-7-12-10-15(18-4)16(19-5)11-13(12)9-14;1-4-16(2,3)13-6-5-11-8-14-15(18-10-17-14)9-12(11)7-13/h5-11H,4,12H2,1-3H3;6-13H,5H2,1-4H3;5-13H,4H2,1-3H3;7-11H,6H2,1-5H3;5-9H,4,10H2,1-3H3. The molecule has 2 aliphatic heterocycles. The van der Waals surface area contributed by atoms with Crippen LogP contribution in [-0.2, 0) is 27.1 Å². The Morgan fingerprint density at radius 1 is 0.242 bits per heavy atom. The largest absolute Gasteiger partial charge is 0.497 e. The average molecular weight is 1320 g/mol. The molecule has 0 atom stereocenters. The van der Waals surface area contributed by atoms with Crippen molar-refractivity contribution in [2.75, 3.05) is 34.9 Å². The van der Waals surface area contributed by atoms with Gasteiger partial charge in [0, 0.05) is 0 Å². The van der Waals surface area contributed by atoms with Crippen molar-refractivity contribution in [3.05, 3.63) is 234 Å². The van der Waals surface area contributed by atoms with Crippen LogP contribution in [0, 0.1) is 0 Å². The van der Waals surface area contributed by atoms with Crippen LogP contribution < -0.4 is 33.2 Å². The maximum atomic E-state index is 5.49. The van der Waals surface area contributed by atoms with Gasteiger partial charge in [0.05, 0.1) is 21.3 Å². The number of methoxy groups -OCH3 is 3. The molecule has 0 spiro atoms. The predicted molar refractivity (Wildman–Crippen MR) is 421 cm³/mol. The van der Waals surface area contributed by atoms with Crippen molar-refractivity contribution in [3.63, 3.8) is 0 Å². The van der Waals surface area contributed by atoms with E-state index in [1.807, 2.05) is 18.2 Å². The predicted octanol–water partition coefficient (Wildman–Crippen LogP) is 25.6. The van der Waals surface area contributed by atoms with Crippen molar-refractivity contribution in [2.45, 2.75) is 163 Å². The monoisotopic (exact) mass is 1320 g/mol. The zero-order valence-electron chi connectivity index (χ0n) is 61.9. The molecule has 2 heterocycles. The van der Waals surface area contributed by atoms with Gasteiger partial charge in [-0.15, -0.1) is 0 Å². The Labute approximate surface area is 588 Å². The van der Waals surface area contributed by atoms with Crippen LogP contribution in [0.4, 0.5) is 0 Å². The quantitative estimate of drug-likeness (QED) is 0.107. The number of hydrogen-bond acceptors (Lipinski definition) is 7. The third-order valence-corrected chi connectivity index (χ3v) is 22.0. The van der Waals surface area contributed by atoms with Gasteiger partial charge in [-0.05, 0) is 258 Å². The fraction of sp³-hybridized carbons (Fsp3) is 0.326. The molecule has 99 heavy (non-hydrogen) atoms. The average Bonchev–Trinajstić information content (AvgIpc) is 1.70. The molecule has 0 N–H and O–H groups in total. The van der Waals surface area contributed by atoms with Crippen molar-refractivity contribution in [1.82, 2.24) is 0 Å².